The Morgan fingerprint density at radius 3 is 2.04 bits per heavy atom. The Morgan fingerprint density at radius 1 is 1.07 bits per heavy atom. The maximum absolute atomic E-state index is 13.0. The van der Waals surface area contributed by atoms with Crippen LogP contribution in [0.15, 0.2) is 0 Å². The average Bonchev–Trinajstić information content (AvgIpc) is 2.87. The molecule has 2 amide bonds. The van der Waals surface area contributed by atoms with Crippen molar-refractivity contribution in [2.45, 2.75) is 58.0 Å². The molecule has 6 nitrogen and oxygen atoms in total. The molecule has 1 aliphatic heterocycles. The van der Waals surface area contributed by atoms with Gasteiger partial charge in [-0.2, -0.15) is 26.3 Å². The molecular weight excluding hydrogens is 400 g/mol. The van der Waals surface area contributed by atoms with Gasteiger partial charge in [-0.3, -0.25) is 9.59 Å². The number of ether oxygens (including phenoxy) is 2. The number of carbonyl (C=O) groups excluding carboxylic acids is 3. The number of rotatable bonds is 6. The number of carbonyl (C=O) groups is 3. The lowest BCUT2D eigenvalue weighted by molar-refractivity contribution is -0.184. The molecule has 1 saturated heterocycles. The average molecular weight is 421 g/mol. The fourth-order valence-electron chi connectivity index (χ4n) is 2.63. The molecule has 0 radical (unpaired) electrons. The molecule has 0 aromatic carbocycles. The van der Waals surface area contributed by atoms with Crippen molar-refractivity contribution in [2.75, 3.05) is 13.2 Å². The minimum atomic E-state index is -4.95. The van der Waals surface area contributed by atoms with Crippen LogP contribution in [0, 0.1) is 11.8 Å². The largest absolute Gasteiger partial charge is 0.460 e. The normalized spacial score (nSPS) is 17.9. The molecule has 12 heteroatoms. The van der Waals surface area contributed by atoms with Crippen LogP contribution in [-0.2, 0) is 19.1 Å². The van der Waals surface area contributed by atoms with Crippen molar-refractivity contribution in [2.24, 2.45) is 11.8 Å². The second-order valence-electron chi connectivity index (χ2n) is 7.32. The number of nitrogens with zero attached hydrogens (tertiary/aromatic N) is 1. The fourth-order valence-corrected chi connectivity index (χ4v) is 2.63. The Kier molecular flexibility index (Phi) is 7.35. The summed E-state index contributed by atoms with van der Waals surface area (Å²) in [4.78, 5) is 36.8. The first kappa shape index (κ1) is 24.0. The van der Waals surface area contributed by atoms with Gasteiger partial charge in [0.1, 0.15) is 12.2 Å². The third-order valence-electron chi connectivity index (χ3n) is 3.73. The summed E-state index contributed by atoms with van der Waals surface area (Å²) in [5.74, 6) is -7.07. The van der Waals surface area contributed by atoms with Crippen LogP contribution >= 0.6 is 0 Å². The van der Waals surface area contributed by atoms with Gasteiger partial charge in [0.2, 0.25) is 5.91 Å². The Labute approximate surface area is 157 Å². The molecule has 0 aliphatic carbocycles. The maximum Gasteiger partial charge on any atom is 0.416 e. The SMILES string of the molecule is CC(C)(C)OC(=O)C(CC(F)(F)F)[C@@H](CCC(F)(F)F)C(=O)N1CCOC1=O. The minimum absolute atomic E-state index is 0.243. The second kappa shape index (κ2) is 8.56. The van der Waals surface area contributed by atoms with E-state index in [1.807, 2.05) is 0 Å². The number of hydrogen-bond donors (Lipinski definition) is 0. The summed E-state index contributed by atoms with van der Waals surface area (Å²) >= 11 is 0. The number of cyclic esters (lactones) is 1. The van der Waals surface area contributed by atoms with Gasteiger partial charge >= 0.3 is 24.4 Å². The zero-order chi connectivity index (χ0) is 21.9. The van der Waals surface area contributed by atoms with E-state index in [0.29, 0.717) is 4.90 Å². The summed E-state index contributed by atoms with van der Waals surface area (Å²) in [6.45, 7) is 3.51. The van der Waals surface area contributed by atoms with E-state index in [0.717, 1.165) is 0 Å². The minimum Gasteiger partial charge on any atom is -0.460 e. The molecule has 28 heavy (non-hydrogen) atoms. The first-order chi connectivity index (χ1) is 12.5. The zero-order valence-electron chi connectivity index (χ0n) is 15.4. The molecule has 0 bridgehead atoms. The molecule has 1 fully saturated rings. The molecule has 1 heterocycles. The van der Waals surface area contributed by atoms with E-state index in [4.69, 9.17) is 4.74 Å². The van der Waals surface area contributed by atoms with Crippen LogP contribution in [0.3, 0.4) is 0 Å². The number of imide groups is 1. The van der Waals surface area contributed by atoms with Crippen LogP contribution in [0.4, 0.5) is 31.1 Å². The van der Waals surface area contributed by atoms with Gasteiger partial charge in [-0.05, 0) is 27.2 Å². The maximum atomic E-state index is 13.0. The van der Waals surface area contributed by atoms with Crippen LogP contribution in [0.25, 0.3) is 0 Å². The van der Waals surface area contributed by atoms with Crippen molar-refractivity contribution in [1.29, 1.82) is 0 Å². The predicted molar refractivity (Wildman–Crippen MR) is 81.8 cm³/mol. The molecule has 2 atom stereocenters. The Bertz CT molecular complexity index is 596. The second-order valence-corrected chi connectivity index (χ2v) is 7.32. The third kappa shape index (κ3) is 7.93. The van der Waals surface area contributed by atoms with Crippen molar-refractivity contribution >= 4 is 18.0 Å². The number of halogens is 6. The van der Waals surface area contributed by atoms with Gasteiger partial charge in [0, 0.05) is 6.42 Å². The lowest BCUT2D eigenvalue weighted by Crippen LogP contribution is -2.45. The van der Waals surface area contributed by atoms with Crippen LogP contribution in [-0.4, -0.2) is 54.0 Å². The topological polar surface area (TPSA) is 72.9 Å². The number of esters is 1. The number of hydrogen-bond acceptors (Lipinski definition) is 5. The van der Waals surface area contributed by atoms with Gasteiger partial charge in [-0.1, -0.05) is 0 Å². The Balaban J connectivity index is 3.24. The molecule has 1 rings (SSSR count). The highest BCUT2D eigenvalue weighted by molar-refractivity contribution is 5.96. The lowest BCUT2D eigenvalue weighted by Gasteiger charge is -2.30. The molecule has 0 aromatic rings. The Hall–Kier alpha value is -2.01. The molecule has 162 valence electrons. The quantitative estimate of drug-likeness (QED) is 0.482. The first-order valence-electron chi connectivity index (χ1n) is 8.35. The highest BCUT2D eigenvalue weighted by atomic mass is 19.4. The lowest BCUT2D eigenvalue weighted by atomic mass is 9.84. The molecular formula is C16H21F6NO5. The zero-order valence-corrected chi connectivity index (χ0v) is 15.4. The summed E-state index contributed by atoms with van der Waals surface area (Å²) in [5, 5.41) is 0. The molecule has 0 N–H and O–H groups in total. The van der Waals surface area contributed by atoms with E-state index < -0.39 is 67.0 Å². The van der Waals surface area contributed by atoms with Gasteiger partial charge < -0.3 is 9.47 Å². The summed E-state index contributed by atoms with van der Waals surface area (Å²) in [6.07, 6.45) is -15.5. The molecule has 1 unspecified atom stereocenters. The summed E-state index contributed by atoms with van der Waals surface area (Å²) in [5.41, 5.74) is -1.23. The Morgan fingerprint density at radius 2 is 1.64 bits per heavy atom. The van der Waals surface area contributed by atoms with E-state index in [1.165, 1.54) is 20.8 Å². The highest BCUT2D eigenvalue weighted by Crippen LogP contribution is 2.36. The van der Waals surface area contributed by atoms with E-state index in [-0.39, 0.29) is 13.2 Å². The summed E-state index contributed by atoms with van der Waals surface area (Å²) in [6, 6.07) is 0. The number of amides is 2. The van der Waals surface area contributed by atoms with Crippen molar-refractivity contribution in [3.05, 3.63) is 0 Å². The fraction of sp³-hybridized carbons (Fsp3) is 0.812. The monoisotopic (exact) mass is 421 g/mol. The summed E-state index contributed by atoms with van der Waals surface area (Å²) < 4.78 is 86.4. The van der Waals surface area contributed by atoms with Gasteiger partial charge in [-0.25, -0.2) is 9.69 Å². The third-order valence-corrected chi connectivity index (χ3v) is 3.73. The first-order valence-corrected chi connectivity index (χ1v) is 8.35. The van der Waals surface area contributed by atoms with Crippen LogP contribution in [0.2, 0.25) is 0 Å². The van der Waals surface area contributed by atoms with Gasteiger partial charge in [-0.15, -0.1) is 0 Å². The van der Waals surface area contributed by atoms with Crippen molar-refractivity contribution in [1.82, 2.24) is 4.90 Å². The highest BCUT2D eigenvalue weighted by Gasteiger charge is 2.47. The van der Waals surface area contributed by atoms with Crippen LogP contribution in [0.1, 0.15) is 40.0 Å². The van der Waals surface area contributed by atoms with Crippen molar-refractivity contribution in [3.63, 3.8) is 0 Å². The van der Waals surface area contributed by atoms with Crippen LogP contribution in [0.5, 0.6) is 0 Å². The van der Waals surface area contributed by atoms with E-state index in [1.54, 1.807) is 0 Å². The van der Waals surface area contributed by atoms with E-state index >= 15 is 0 Å². The molecule has 1 aliphatic rings. The van der Waals surface area contributed by atoms with Gasteiger partial charge in [0.05, 0.1) is 24.8 Å². The van der Waals surface area contributed by atoms with Gasteiger partial charge in [0.15, 0.2) is 0 Å². The molecule has 0 aromatic heterocycles. The van der Waals surface area contributed by atoms with E-state index in [2.05, 4.69) is 4.74 Å². The van der Waals surface area contributed by atoms with Crippen molar-refractivity contribution in [3.8, 4) is 0 Å². The standard InChI is InChI=1S/C16H21F6NO5/c1-14(2,3)28-12(25)10(8-16(20,21)22)9(4-5-15(17,18)19)11(24)23-6-7-27-13(23)26/h9-10H,4-8H2,1-3H3/t9-,10?/m1/s1. The molecule has 0 spiro atoms. The van der Waals surface area contributed by atoms with Crippen molar-refractivity contribution < 1.29 is 50.2 Å². The summed E-state index contributed by atoms with van der Waals surface area (Å²) in [7, 11) is 0. The van der Waals surface area contributed by atoms with Crippen LogP contribution < -0.4 is 0 Å². The predicted octanol–water partition coefficient (Wildman–Crippen LogP) is 3.83. The smallest absolute Gasteiger partial charge is 0.416 e. The van der Waals surface area contributed by atoms with Gasteiger partial charge in [0.25, 0.3) is 0 Å². The number of alkyl halides is 6. The van der Waals surface area contributed by atoms with E-state index in [9.17, 15) is 40.7 Å². The molecule has 0 saturated carbocycles.